The maximum atomic E-state index is 12.8. The maximum Gasteiger partial charge on any atom is 0.625 e. The lowest BCUT2D eigenvalue weighted by Crippen LogP contribution is -2.10. The van der Waals surface area contributed by atoms with Crippen LogP contribution in [0.5, 0.6) is 34.5 Å². The molecule has 0 radical (unpaired) electrons. The maximum absolute atomic E-state index is 12.8. The summed E-state index contributed by atoms with van der Waals surface area (Å²) >= 11 is 0. The average Bonchev–Trinajstić information content (AvgIpc) is 2.66. The van der Waals surface area contributed by atoms with Gasteiger partial charge in [0.2, 0.25) is 5.43 Å². The summed E-state index contributed by atoms with van der Waals surface area (Å²) < 4.78 is 32.9. The monoisotopic (exact) mass is 378 g/mol. The van der Waals surface area contributed by atoms with Crippen molar-refractivity contribution >= 4 is 18.8 Å². The highest BCUT2D eigenvalue weighted by atomic mass is 31.2. The summed E-state index contributed by atoms with van der Waals surface area (Å²) in [5.41, 5.74) is -0.901. The Balaban J connectivity index is 1.93. The normalized spacial score (nSPS) is 19.7. The summed E-state index contributed by atoms with van der Waals surface area (Å²) in [6.45, 7) is 0. The van der Waals surface area contributed by atoms with Crippen molar-refractivity contribution < 1.29 is 42.9 Å². The highest BCUT2D eigenvalue weighted by Gasteiger charge is 2.44. The molecule has 0 spiro atoms. The molecule has 1 atom stereocenters. The van der Waals surface area contributed by atoms with Gasteiger partial charge in [-0.2, -0.15) is 0 Å². The minimum atomic E-state index is -4.31. The standard InChI is InChI=1S/C15H7O10P/c16-6-2-1-5(3-7(6)17)13-15-12(19)10-11(18)8-4-9(14(10)21-13)24-26(20,23-8)25-22-15/h1-4,16-18H. The Hall–Kier alpha value is -3.36. The molecule has 10 nitrogen and oxygen atoms in total. The van der Waals surface area contributed by atoms with E-state index in [-0.39, 0.29) is 39.5 Å². The predicted molar refractivity (Wildman–Crippen MR) is 83.5 cm³/mol. The van der Waals surface area contributed by atoms with Crippen LogP contribution in [-0.2, 0) is 9.24 Å². The van der Waals surface area contributed by atoms with Gasteiger partial charge in [-0.25, -0.2) is 4.57 Å². The van der Waals surface area contributed by atoms with Gasteiger partial charge < -0.3 is 33.7 Å². The Morgan fingerprint density at radius 2 is 1.73 bits per heavy atom. The van der Waals surface area contributed by atoms with E-state index in [1.165, 1.54) is 18.2 Å². The van der Waals surface area contributed by atoms with Gasteiger partial charge in [0, 0.05) is 11.6 Å². The topological polar surface area (TPSA) is 145 Å². The van der Waals surface area contributed by atoms with Gasteiger partial charge in [0.15, 0.2) is 40.1 Å². The Bertz CT molecular complexity index is 1230. The number of phenols is 3. The molecule has 0 amide bonds. The van der Waals surface area contributed by atoms with Crippen LogP contribution in [0.1, 0.15) is 0 Å². The van der Waals surface area contributed by atoms with E-state index in [1.807, 2.05) is 0 Å². The number of aromatic hydroxyl groups is 3. The molecule has 11 heteroatoms. The molecule has 3 N–H and O–H groups in total. The molecule has 1 unspecified atom stereocenters. The van der Waals surface area contributed by atoms with E-state index < -0.39 is 30.5 Å². The lowest BCUT2D eigenvalue weighted by Gasteiger charge is -2.21. The van der Waals surface area contributed by atoms with Gasteiger partial charge in [-0.15, -0.1) is 0 Å². The molecule has 6 bridgehead atoms. The van der Waals surface area contributed by atoms with Crippen molar-refractivity contribution in [3.05, 3.63) is 34.5 Å². The van der Waals surface area contributed by atoms with Crippen LogP contribution in [0.15, 0.2) is 33.5 Å². The molecule has 26 heavy (non-hydrogen) atoms. The summed E-state index contributed by atoms with van der Waals surface area (Å²) in [6.07, 6.45) is 0. The zero-order valence-corrected chi connectivity index (χ0v) is 13.4. The predicted octanol–water partition coefficient (Wildman–Crippen LogP) is 2.78. The van der Waals surface area contributed by atoms with Crippen LogP contribution in [0.2, 0.25) is 0 Å². The number of phenolic OH excluding ortho intramolecular Hbond substituents is 3. The Labute approximate surface area is 142 Å². The van der Waals surface area contributed by atoms with Crippen molar-refractivity contribution in [3.8, 4) is 45.8 Å². The lowest BCUT2D eigenvalue weighted by molar-refractivity contribution is -0.120. The molecule has 132 valence electrons. The van der Waals surface area contributed by atoms with Gasteiger partial charge in [-0.05, 0) is 18.2 Å². The molecule has 0 saturated carbocycles. The number of fused-ring (bicyclic) bond motifs is 1. The summed E-state index contributed by atoms with van der Waals surface area (Å²) in [5, 5.41) is 29.1. The van der Waals surface area contributed by atoms with E-state index in [0.29, 0.717) is 0 Å². The van der Waals surface area contributed by atoms with E-state index in [1.54, 1.807) is 0 Å². The Morgan fingerprint density at radius 3 is 2.50 bits per heavy atom. The van der Waals surface area contributed by atoms with Crippen LogP contribution in [-0.4, -0.2) is 15.3 Å². The van der Waals surface area contributed by atoms with Crippen LogP contribution in [0.25, 0.3) is 22.3 Å². The second-order valence-electron chi connectivity index (χ2n) is 5.51. The summed E-state index contributed by atoms with van der Waals surface area (Å²) in [6, 6.07) is 4.81. The molecule has 1 aromatic heterocycles. The second-order valence-corrected chi connectivity index (χ2v) is 6.91. The quantitative estimate of drug-likeness (QED) is 0.328. The number of benzene rings is 2. The zero-order chi connectivity index (χ0) is 18.2. The third-order valence-corrected chi connectivity index (χ3v) is 4.99. The van der Waals surface area contributed by atoms with Gasteiger partial charge in [-0.1, -0.05) is 4.67 Å². The fraction of sp³-hybridized carbons (Fsp3) is 0. The fourth-order valence-corrected chi connectivity index (χ4v) is 3.75. The third-order valence-electron chi connectivity index (χ3n) is 3.90. The van der Waals surface area contributed by atoms with Gasteiger partial charge in [0.05, 0.1) is 0 Å². The molecule has 5 heterocycles. The first-order chi connectivity index (χ1) is 12.4. The van der Waals surface area contributed by atoms with Crippen LogP contribution < -0.4 is 19.4 Å². The van der Waals surface area contributed by atoms with E-state index in [4.69, 9.17) is 23.0 Å². The molecule has 0 saturated heterocycles. The van der Waals surface area contributed by atoms with Crippen LogP contribution in [0, 0.1) is 0 Å². The number of rotatable bonds is 1. The van der Waals surface area contributed by atoms with Gasteiger partial charge >= 0.3 is 7.82 Å². The molecule has 3 aromatic rings. The average molecular weight is 378 g/mol. The zero-order valence-electron chi connectivity index (χ0n) is 12.5. The third kappa shape index (κ3) is 1.85. The minimum Gasteiger partial charge on any atom is -0.504 e. The van der Waals surface area contributed by atoms with Crippen molar-refractivity contribution in [2.24, 2.45) is 0 Å². The summed E-state index contributed by atoms with van der Waals surface area (Å²) in [7, 11) is -4.31. The van der Waals surface area contributed by atoms with Gasteiger partial charge in [0.25, 0.3) is 5.75 Å². The van der Waals surface area contributed by atoms with Crippen LogP contribution in [0.4, 0.5) is 0 Å². The van der Waals surface area contributed by atoms with Crippen molar-refractivity contribution in [2.45, 2.75) is 0 Å². The Morgan fingerprint density at radius 1 is 0.962 bits per heavy atom. The van der Waals surface area contributed by atoms with Gasteiger partial charge in [0.1, 0.15) is 5.39 Å². The first-order valence-electron chi connectivity index (χ1n) is 7.11. The molecule has 4 aliphatic rings. The Kier molecular flexibility index (Phi) is 2.66. The number of hydrogen-bond acceptors (Lipinski definition) is 10. The van der Waals surface area contributed by atoms with E-state index in [0.717, 1.165) is 6.07 Å². The molecule has 0 aliphatic carbocycles. The number of hydrogen-bond donors (Lipinski definition) is 3. The smallest absolute Gasteiger partial charge is 0.504 e. The van der Waals surface area contributed by atoms with Crippen molar-refractivity contribution in [3.63, 3.8) is 0 Å². The SMILES string of the molecule is O=c1c2c(-c3ccc(O)c(O)c3)oc3c4cc(c(O)c13)OP(=O)(OO2)O4. The number of phosphoric ester groups is 1. The minimum absolute atomic E-state index is 0.143. The van der Waals surface area contributed by atoms with Gasteiger partial charge in [-0.3, -0.25) is 4.79 Å². The van der Waals surface area contributed by atoms with Crippen LogP contribution in [0.3, 0.4) is 0 Å². The van der Waals surface area contributed by atoms with E-state index in [9.17, 15) is 24.7 Å². The van der Waals surface area contributed by atoms with E-state index >= 15 is 0 Å². The lowest BCUT2D eigenvalue weighted by atomic mass is 10.1. The highest BCUT2D eigenvalue weighted by Crippen LogP contribution is 2.60. The molecule has 0 fully saturated rings. The molecule has 4 aliphatic heterocycles. The molecule has 7 rings (SSSR count). The fourth-order valence-electron chi connectivity index (χ4n) is 2.72. The van der Waals surface area contributed by atoms with Crippen molar-refractivity contribution in [2.75, 3.05) is 0 Å². The van der Waals surface area contributed by atoms with Crippen LogP contribution >= 0.6 is 7.82 Å². The first-order valence-corrected chi connectivity index (χ1v) is 8.57. The summed E-state index contributed by atoms with van der Waals surface area (Å²) in [4.78, 5) is 17.7. The number of phosphoric acid groups is 1. The first kappa shape index (κ1) is 14.9. The molecular formula is C15H7O10P. The van der Waals surface area contributed by atoms with Crippen molar-refractivity contribution in [1.82, 2.24) is 0 Å². The molecule has 2 aromatic carbocycles. The summed E-state index contributed by atoms with van der Waals surface area (Å²) in [5.74, 6) is -2.64. The van der Waals surface area contributed by atoms with E-state index in [2.05, 4.69) is 0 Å². The largest absolute Gasteiger partial charge is 0.625 e. The van der Waals surface area contributed by atoms with Crippen molar-refractivity contribution in [1.29, 1.82) is 0 Å². The molecular weight excluding hydrogens is 371 g/mol. The second kappa shape index (κ2) is 4.63. The highest BCUT2D eigenvalue weighted by molar-refractivity contribution is 7.49.